The van der Waals surface area contributed by atoms with E-state index in [1.165, 1.54) is 17.4 Å². The van der Waals surface area contributed by atoms with E-state index in [4.69, 9.17) is 5.11 Å². The van der Waals surface area contributed by atoms with E-state index in [1.807, 2.05) is 24.4 Å². The van der Waals surface area contributed by atoms with Crippen LogP contribution in [0.2, 0.25) is 0 Å². The third-order valence-corrected chi connectivity index (χ3v) is 2.91. The van der Waals surface area contributed by atoms with Crippen molar-refractivity contribution in [2.75, 3.05) is 11.9 Å². The van der Waals surface area contributed by atoms with Crippen molar-refractivity contribution in [2.24, 2.45) is 0 Å². The number of nitrogens with zero attached hydrogens (tertiary/aromatic N) is 2. The fraction of sp³-hybridized carbons (Fsp3) is 0.182. The van der Waals surface area contributed by atoms with E-state index in [-0.39, 0.29) is 5.69 Å². The van der Waals surface area contributed by atoms with Gasteiger partial charge in [-0.3, -0.25) is 0 Å². The van der Waals surface area contributed by atoms with Gasteiger partial charge < -0.3 is 10.4 Å². The lowest BCUT2D eigenvalue weighted by molar-refractivity contribution is 0.0690. The summed E-state index contributed by atoms with van der Waals surface area (Å²) in [6.45, 7) is 2.60. The molecule has 2 N–H and O–H groups in total. The van der Waals surface area contributed by atoms with Crippen molar-refractivity contribution in [3.8, 4) is 10.7 Å². The molecule has 0 saturated carbocycles. The Morgan fingerprint density at radius 1 is 1.53 bits per heavy atom. The molecule has 2 aromatic rings. The minimum atomic E-state index is -1.05. The first-order valence-electron chi connectivity index (χ1n) is 5.11. The van der Waals surface area contributed by atoms with Crippen LogP contribution < -0.4 is 5.32 Å². The molecule has 0 aliphatic heterocycles. The summed E-state index contributed by atoms with van der Waals surface area (Å²) in [5.41, 5.74) is -0.000602. The van der Waals surface area contributed by atoms with Gasteiger partial charge in [0.1, 0.15) is 5.82 Å². The first-order chi connectivity index (χ1) is 8.20. The molecule has 0 unspecified atom stereocenters. The van der Waals surface area contributed by atoms with Crippen LogP contribution in [0.3, 0.4) is 0 Å². The van der Waals surface area contributed by atoms with Crippen molar-refractivity contribution < 1.29 is 9.90 Å². The molecule has 0 aliphatic carbocycles. The van der Waals surface area contributed by atoms with E-state index in [0.717, 1.165) is 4.88 Å². The second-order valence-corrected chi connectivity index (χ2v) is 4.22. The minimum absolute atomic E-state index is 0.000602. The number of carboxylic acid groups (broad SMARTS) is 1. The van der Waals surface area contributed by atoms with Gasteiger partial charge in [0.05, 0.1) is 4.88 Å². The van der Waals surface area contributed by atoms with Gasteiger partial charge in [-0.05, 0) is 18.4 Å². The number of nitrogens with one attached hydrogen (secondary N) is 1. The Kier molecular flexibility index (Phi) is 3.34. The molecular formula is C11H11N3O2S. The largest absolute Gasteiger partial charge is 0.477 e. The fourth-order valence-corrected chi connectivity index (χ4v) is 2.00. The molecule has 17 heavy (non-hydrogen) atoms. The summed E-state index contributed by atoms with van der Waals surface area (Å²) < 4.78 is 0. The Morgan fingerprint density at radius 3 is 2.94 bits per heavy atom. The minimum Gasteiger partial charge on any atom is -0.477 e. The van der Waals surface area contributed by atoms with Crippen LogP contribution in [0.15, 0.2) is 23.6 Å². The molecule has 0 bridgehead atoms. The highest BCUT2D eigenvalue weighted by molar-refractivity contribution is 7.13. The van der Waals surface area contributed by atoms with Crippen molar-refractivity contribution in [1.82, 2.24) is 9.97 Å². The number of rotatable bonds is 4. The predicted octanol–water partition coefficient (Wildman–Crippen LogP) is 2.34. The summed E-state index contributed by atoms with van der Waals surface area (Å²) in [5, 5.41) is 13.9. The molecule has 2 heterocycles. The van der Waals surface area contributed by atoms with Gasteiger partial charge in [0.15, 0.2) is 11.5 Å². The van der Waals surface area contributed by atoms with Gasteiger partial charge in [-0.1, -0.05) is 6.07 Å². The second kappa shape index (κ2) is 4.92. The van der Waals surface area contributed by atoms with Crippen molar-refractivity contribution in [1.29, 1.82) is 0 Å². The number of carboxylic acids is 1. The predicted molar refractivity (Wildman–Crippen MR) is 66.5 cm³/mol. The van der Waals surface area contributed by atoms with E-state index in [9.17, 15) is 4.79 Å². The Balaban J connectivity index is 2.48. The van der Waals surface area contributed by atoms with Gasteiger partial charge in [-0.25, -0.2) is 14.8 Å². The van der Waals surface area contributed by atoms with E-state index in [0.29, 0.717) is 18.2 Å². The number of carbonyl (C=O) groups is 1. The Bertz CT molecular complexity index is 526. The zero-order valence-electron chi connectivity index (χ0n) is 9.17. The number of aromatic nitrogens is 2. The third kappa shape index (κ3) is 2.59. The highest BCUT2D eigenvalue weighted by atomic mass is 32.1. The molecule has 0 atom stereocenters. The van der Waals surface area contributed by atoms with E-state index >= 15 is 0 Å². The van der Waals surface area contributed by atoms with E-state index < -0.39 is 5.97 Å². The smallest absolute Gasteiger partial charge is 0.354 e. The number of hydrogen-bond acceptors (Lipinski definition) is 5. The van der Waals surface area contributed by atoms with Crippen molar-refractivity contribution in [3.05, 3.63) is 29.3 Å². The second-order valence-electron chi connectivity index (χ2n) is 3.27. The van der Waals surface area contributed by atoms with Gasteiger partial charge in [0, 0.05) is 12.6 Å². The summed E-state index contributed by atoms with van der Waals surface area (Å²) in [7, 11) is 0. The number of anilines is 1. The topological polar surface area (TPSA) is 75.1 Å². The maximum absolute atomic E-state index is 11.0. The van der Waals surface area contributed by atoms with Crippen molar-refractivity contribution in [2.45, 2.75) is 6.92 Å². The Morgan fingerprint density at radius 2 is 2.35 bits per heavy atom. The summed E-state index contributed by atoms with van der Waals surface area (Å²) >= 11 is 1.48. The van der Waals surface area contributed by atoms with Crippen LogP contribution >= 0.6 is 11.3 Å². The fourth-order valence-electron chi connectivity index (χ4n) is 1.34. The summed E-state index contributed by atoms with van der Waals surface area (Å²) in [5.74, 6) is -0.0801. The SMILES string of the molecule is CCNc1cc(C(=O)O)nc(-c2cccs2)n1. The van der Waals surface area contributed by atoms with Crippen LogP contribution in [0, 0.1) is 0 Å². The molecule has 0 spiro atoms. The summed E-state index contributed by atoms with van der Waals surface area (Å²) in [4.78, 5) is 20.1. The average molecular weight is 249 g/mol. The third-order valence-electron chi connectivity index (χ3n) is 2.04. The molecule has 6 heteroatoms. The summed E-state index contributed by atoms with van der Waals surface area (Å²) in [6, 6.07) is 5.17. The molecule has 0 aromatic carbocycles. The van der Waals surface area contributed by atoms with E-state index in [1.54, 1.807) is 0 Å². The van der Waals surface area contributed by atoms with Crippen LogP contribution in [0.1, 0.15) is 17.4 Å². The van der Waals surface area contributed by atoms with Gasteiger partial charge in [0.25, 0.3) is 0 Å². The maximum atomic E-state index is 11.0. The van der Waals surface area contributed by atoms with E-state index in [2.05, 4.69) is 15.3 Å². The molecule has 2 aromatic heterocycles. The molecule has 2 rings (SSSR count). The number of thiophene rings is 1. The van der Waals surface area contributed by atoms with Gasteiger partial charge in [0.2, 0.25) is 0 Å². The first-order valence-corrected chi connectivity index (χ1v) is 5.98. The number of hydrogen-bond donors (Lipinski definition) is 2. The highest BCUT2D eigenvalue weighted by Crippen LogP contribution is 2.22. The lowest BCUT2D eigenvalue weighted by Gasteiger charge is -2.05. The molecule has 5 nitrogen and oxygen atoms in total. The lowest BCUT2D eigenvalue weighted by Crippen LogP contribution is -2.07. The normalized spacial score (nSPS) is 10.2. The molecule has 0 fully saturated rings. The van der Waals surface area contributed by atoms with Crippen molar-refractivity contribution in [3.63, 3.8) is 0 Å². The van der Waals surface area contributed by atoms with Crippen LogP contribution in [-0.2, 0) is 0 Å². The zero-order valence-corrected chi connectivity index (χ0v) is 9.99. The monoisotopic (exact) mass is 249 g/mol. The van der Waals surface area contributed by atoms with Crippen molar-refractivity contribution >= 4 is 23.1 Å². The molecule has 0 saturated heterocycles. The van der Waals surface area contributed by atoms with Crippen LogP contribution in [0.25, 0.3) is 10.7 Å². The molecule has 0 aliphatic rings. The lowest BCUT2D eigenvalue weighted by atomic mass is 10.3. The Hall–Kier alpha value is -1.95. The standard InChI is InChI=1S/C11H11N3O2S/c1-2-12-9-6-7(11(15)16)13-10(14-9)8-4-3-5-17-8/h3-6H,2H2,1H3,(H,15,16)(H,12,13,14). The average Bonchev–Trinajstić information content (AvgIpc) is 2.82. The van der Waals surface area contributed by atoms with Crippen LogP contribution in [-0.4, -0.2) is 27.6 Å². The van der Waals surface area contributed by atoms with Gasteiger partial charge >= 0.3 is 5.97 Å². The molecule has 88 valence electrons. The first kappa shape index (κ1) is 11.5. The quantitative estimate of drug-likeness (QED) is 0.869. The van der Waals surface area contributed by atoms with Crippen LogP contribution in [0.5, 0.6) is 0 Å². The Labute approximate surface area is 102 Å². The molecular weight excluding hydrogens is 238 g/mol. The number of aromatic carboxylic acids is 1. The van der Waals surface area contributed by atoms with Crippen LogP contribution in [0.4, 0.5) is 5.82 Å². The molecule has 0 radical (unpaired) electrons. The molecule has 0 amide bonds. The van der Waals surface area contributed by atoms with Gasteiger partial charge in [-0.2, -0.15) is 0 Å². The zero-order chi connectivity index (χ0) is 12.3. The maximum Gasteiger partial charge on any atom is 0.354 e. The highest BCUT2D eigenvalue weighted by Gasteiger charge is 2.11. The summed E-state index contributed by atoms with van der Waals surface area (Å²) in [6.07, 6.45) is 0. The van der Waals surface area contributed by atoms with Gasteiger partial charge in [-0.15, -0.1) is 11.3 Å².